The minimum absolute atomic E-state index is 0.00932. The average Bonchev–Trinajstić information content (AvgIpc) is 2.82. The van der Waals surface area contributed by atoms with Crippen LogP contribution in [0.5, 0.6) is 0 Å². The summed E-state index contributed by atoms with van der Waals surface area (Å²) < 4.78 is 26.3. The van der Waals surface area contributed by atoms with Gasteiger partial charge < -0.3 is 10.0 Å². The number of aliphatic carboxylic acids is 1. The highest BCUT2D eigenvalue weighted by Gasteiger charge is 2.32. The van der Waals surface area contributed by atoms with Crippen LogP contribution in [0.25, 0.3) is 0 Å². The van der Waals surface area contributed by atoms with E-state index >= 15 is 0 Å². The molecule has 0 radical (unpaired) electrons. The number of rotatable bonds is 2. The van der Waals surface area contributed by atoms with Crippen molar-refractivity contribution < 1.29 is 23.5 Å². The first kappa shape index (κ1) is 13.9. The summed E-state index contributed by atoms with van der Waals surface area (Å²) in [4.78, 5) is 24.3. The van der Waals surface area contributed by atoms with Crippen LogP contribution >= 0.6 is 15.9 Å². The maximum absolute atomic E-state index is 13.2. The molecule has 1 aromatic rings. The summed E-state index contributed by atoms with van der Waals surface area (Å²) in [6, 6.07) is 1.70. The maximum atomic E-state index is 13.2. The third kappa shape index (κ3) is 2.75. The topological polar surface area (TPSA) is 57.6 Å². The van der Waals surface area contributed by atoms with Crippen molar-refractivity contribution in [3.8, 4) is 0 Å². The van der Waals surface area contributed by atoms with Crippen LogP contribution in [0, 0.1) is 17.6 Å². The molecule has 1 aliphatic rings. The molecule has 0 bridgehead atoms. The van der Waals surface area contributed by atoms with Crippen LogP contribution in [-0.2, 0) is 4.79 Å². The first-order valence-corrected chi connectivity index (χ1v) is 6.36. The molecule has 1 fully saturated rings. The largest absolute Gasteiger partial charge is 0.481 e. The van der Waals surface area contributed by atoms with Crippen LogP contribution in [0.1, 0.15) is 16.8 Å². The van der Waals surface area contributed by atoms with Gasteiger partial charge in [-0.2, -0.15) is 0 Å². The van der Waals surface area contributed by atoms with Crippen LogP contribution < -0.4 is 0 Å². The van der Waals surface area contributed by atoms with Gasteiger partial charge in [-0.3, -0.25) is 9.59 Å². The van der Waals surface area contributed by atoms with E-state index in [1.807, 2.05) is 0 Å². The molecular formula is C12H10BrF2NO3. The van der Waals surface area contributed by atoms with Crippen LogP contribution in [0.15, 0.2) is 16.6 Å². The number of carbonyl (C=O) groups excluding carboxylic acids is 1. The molecule has 1 N–H and O–H groups in total. The Labute approximate surface area is 116 Å². The number of benzene rings is 1. The number of hydrogen-bond donors (Lipinski definition) is 1. The zero-order valence-electron chi connectivity index (χ0n) is 9.70. The quantitative estimate of drug-likeness (QED) is 0.845. The highest BCUT2D eigenvalue weighted by molar-refractivity contribution is 9.10. The fourth-order valence-corrected chi connectivity index (χ4v) is 2.49. The Morgan fingerprint density at radius 2 is 1.95 bits per heavy atom. The van der Waals surface area contributed by atoms with Crippen molar-refractivity contribution in [2.24, 2.45) is 5.92 Å². The summed E-state index contributed by atoms with van der Waals surface area (Å²) in [6.07, 6.45) is 0.363. The minimum atomic E-state index is -1.11. The predicted octanol–water partition coefficient (Wildman–Crippen LogP) is 2.27. The van der Waals surface area contributed by atoms with Crippen molar-refractivity contribution in [3.63, 3.8) is 0 Å². The summed E-state index contributed by atoms with van der Waals surface area (Å²) in [7, 11) is 0. The zero-order valence-corrected chi connectivity index (χ0v) is 11.3. The minimum Gasteiger partial charge on any atom is -0.481 e. The summed E-state index contributed by atoms with van der Waals surface area (Å²) in [5, 5.41) is 8.86. The molecule has 1 aliphatic heterocycles. The highest BCUT2D eigenvalue weighted by Crippen LogP contribution is 2.25. The lowest BCUT2D eigenvalue weighted by Gasteiger charge is -2.16. The Morgan fingerprint density at radius 1 is 1.32 bits per heavy atom. The third-order valence-electron chi connectivity index (χ3n) is 3.07. The fourth-order valence-electron chi connectivity index (χ4n) is 2.00. The molecule has 0 aromatic heterocycles. The lowest BCUT2D eigenvalue weighted by Crippen LogP contribution is -2.30. The normalized spacial score (nSPS) is 18.7. The van der Waals surface area contributed by atoms with E-state index in [2.05, 4.69) is 15.9 Å². The Hall–Kier alpha value is -1.50. The van der Waals surface area contributed by atoms with Gasteiger partial charge in [0.05, 0.1) is 11.5 Å². The number of carbonyl (C=O) groups is 2. The first-order chi connectivity index (χ1) is 8.90. The van der Waals surface area contributed by atoms with Crippen LogP contribution in [-0.4, -0.2) is 35.0 Å². The summed E-state index contributed by atoms with van der Waals surface area (Å²) in [5.74, 6) is -4.23. The molecule has 0 saturated carbocycles. The number of amides is 1. The van der Waals surface area contributed by atoms with E-state index in [4.69, 9.17) is 5.11 Å². The lowest BCUT2D eigenvalue weighted by atomic mass is 10.1. The molecule has 7 heteroatoms. The van der Waals surface area contributed by atoms with Crippen molar-refractivity contribution in [1.29, 1.82) is 0 Å². The van der Waals surface area contributed by atoms with Crippen molar-refractivity contribution in [3.05, 3.63) is 33.8 Å². The molecule has 1 heterocycles. The Kier molecular flexibility index (Phi) is 3.84. The Bertz CT molecular complexity index is 550. The van der Waals surface area contributed by atoms with Gasteiger partial charge in [-0.1, -0.05) is 0 Å². The van der Waals surface area contributed by atoms with Gasteiger partial charge in [0.2, 0.25) is 0 Å². The van der Waals surface area contributed by atoms with Crippen molar-refractivity contribution in [2.75, 3.05) is 13.1 Å². The van der Waals surface area contributed by atoms with Gasteiger partial charge in [0, 0.05) is 17.6 Å². The molecule has 1 saturated heterocycles. The predicted molar refractivity (Wildman–Crippen MR) is 65.7 cm³/mol. The standard InChI is InChI=1S/C12H10BrF2NO3/c13-8-4-10(15)9(14)3-7(8)11(17)16-2-1-6(5-16)12(18)19/h3-4,6H,1-2,5H2,(H,18,19). The third-order valence-corrected chi connectivity index (χ3v) is 3.72. The van der Waals surface area contributed by atoms with Crippen molar-refractivity contribution in [1.82, 2.24) is 4.90 Å². The zero-order chi connectivity index (χ0) is 14.2. The SMILES string of the molecule is O=C(O)C1CCN(C(=O)c2cc(F)c(F)cc2Br)C1. The van der Waals surface area contributed by atoms with Crippen LogP contribution in [0.4, 0.5) is 8.78 Å². The van der Waals surface area contributed by atoms with Crippen molar-refractivity contribution >= 4 is 27.8 Å². The number of halogens is 3. The Balaban J connectivity index is 2.22. The molecule has 1 unspecified atom stereocenters. The van der Waals surface area contributed by atoms with E-state index in [0.717, 1.165) is 12.1 Å². The molecular weight excluding hydrogens is 324 g/mol. The van der Waals surface area contributed by atoms with Gasteiger partial charge in [0.25, 0.3) is 5.91 Å². The summed E-state index contributed by atoms with van der Waals surface area (Å²) in [6.45, 7) is 0.376. The molecule has 2 rings (SSSR count). The van der Waals surface area contributed by atoms with Gasteiger partial charge in [-0.25, -0.2) is 8.78 Å². The van der Waals surface area contributed by atoms with Crippen LogP contribution in [0.2, 0.25) is 0 Å². The molecule has 19 heavy (non-hydrogen) atoms. The molecule has 102 valence electrons. The molecule has 0 spiro atoms. The van der Waals surface area contributed by atoms with E-state index in [9.17, 15) is 18.4 Å². The average molecular weight is 334 g/mol. The second-order valence-corrected chi connectivity index (χ2v) is 5.18. The van der Waals surface area contributed by atoms with Gasteiger partial charge in [0.15, 0.2) is 11.6 Å². The monoisotopic (exact) mass is 333 g/mol. The van der Waals surface area contributed by atoms with E-state index in [1.165, 1.54) is 4.90 Å². The fraction of sp³-hybridized carbons (Fsp3) is 0.333. The first-order valence-electron chi connectivity index (χ1n) is 5.56. The number of nitrogens with zero attached hydrogens (tertiary/aromatic N) is 1. The molecule has 0 aliphatic carbocycles. The number of carboxylic acid groups (broad SMARTS) is 1. The number of hydrogen-bond acceptors (Lipinski definition) is 2. The number of carboxylic acids is 1. The van der Waals surface area contributed by atoms with Gasteiger partial charge in [-0.15, -0.1) is 0 Å². The molecule has 4 nitrogen and oxygen atoms in total. The second kappa shape index (κ2) is 5.24. The van der Waals surface area contributed by atoms with Crippen molar-refractivity contribution in [2.45, 2.75) is 6.42 Å². The second-order valence-electron chi connectivity index (χ2n) is 4.32. The van der Waals surface area contributed by atoms with E-state index in [1.54, 1.807) is 0 Å². The summed E-state index contributed by atoms with van der Waals surface area (Å²) >= 11 is 3.00. The van der Waals surface area contributed by atoms with E-state index in [0.29, 0.717) is 13.0 Å². The maximum Gasteiger partial charge on any atom is 0.308 e. The highest BCUT2D eigenvalue weighted by atomic mass is 79.9. The molecule has 1 aromatic carbocycles. The van der Waals surface area contributed by atoms with Gasteiger partial charge >= 0.3 is 5.97 Å². The van der Waals surface area contributed by atoms with Crippen LogP contribution in [0.3, 0.4) is 0 Å². The van der Waals surface area contributed by atoms with Gasteiger partial charge in [0.1, 0.15) is 0 Å². The smallest absolute Gasteiger partial charge is 0.308 e. The van der Waals surface area contributed by atoms with Gasteiger partial charge in [-0.05, 0) is 34.5 Å². The summed E-state index contributed by atoms with van der Waals surface area (Å²) in [5.41, 5.74) is -0.00932. The lowest BCUT2D eigenvalue weighted by molar-refractivity contribution is -0.141. The molecule has 1 atom stereocenters. The molecule has 1 amide bonds. The number of likely N-dealkylation sites (tertiary alicyclic amines) is 1. The van der Waals surface area contributed by atoms with E-state index in [-0.39, 0.29) is 16.6 Å². The Morgan fingerprint density at radius 3 is 2.53 bits per heavy atom. The van der Waals surface area contributed by atoms with E-state index < -0.39 is 29.4 Å².